The number of aliphatic imine (C=N–C) groups is 1. The van der Waals surface area contributed by atoms with Crippen molar-refractivity contribution < 1.29 is 4.74 Å². The largest absolute Gasteiger partial charge is 0.378 e. The molecule has 2 aliphatic heterocycles. The number of rotatable bonds is 0. The molecular formula is C13H28N4O. The molecule has 0 N–H and O–H groups in total. The Hall–Kier alpha value is -0.810. The third kappa shape index (κ3) is 4.14. The van der Waals surface area contributed by atoms with Crippen LogP contribution in [-0.2, 0) is 4.74 Å². The first kappa shape index (κ1) is 15.2. The number of morpholine rings is 1. The van der Waals surface area contributed by atoms with E-state index >= 15 is 0 Å². The molecule has 0 aromatic heterocycles. The summed E-state index contributed by atoms with van der Waals surface area (Å²) in [5.74, 6) is 1.15. The fourth-order valence-electron chi connectivity index (χ4n) is 2.25. The van der Waals surface area contributed by atoms with Gasteiger partial charge in [0.15, 0.2) is 5.96 Å². The van der Waals surface area contributed by atoms with E-state index in [1.165, 1.54) is 0 Å². The molecule has 5 nitrogen and oxygen atoms in total. The maximum absolute atomic E-state index is 5.38. The van der Waals surface area contributed by atoms with Crippen molar-refractivity contribution in [1.82, 2.24) is 14.7 Å². The van der Waals surface area contributed by atoms with E-state index in [-0.39, 0.29) is 0 Å². The van der Waals surface area contributed by atoms with Crippen molar-refractivity contribution in [2.45, 2.75) is 13.8 Å². The Balaban J connectivity index is 0.000000771. The lowest BCUT2D eigenvalue weighted by Crippen LogP contribution is -2.54. The summed E-state index contributed by atoms with van der Waals surface area (Å²) in [6, 6.07) is 0. The Morgan fingerprint density at radius 1 is 0.889 bits per heavy atom. The second-order valence-electron chi connectivity index (χ2n) is 4.41. The minimum absolute atomic E-state index is 0.826. The van der Waals surface area contributed by atoms with Crippen molar-refractivity contribution >= 4 is 5.96 Å². The van der Waals surface area contributed by atoms with Gasteiger partial charge in [0.1, 0.15) is 0 Å². The molecule has 0 bridgehead atoms. The summed E-state index contributed by atoms with van der Waals surface area (Å²) < 4.78 is 5.38. The third-order valence-corrected chi connectivity index (χ3v) is 3.28. The normalized spacial score (nSPS) is 22.6. The highest BCUT2D eigenvalue weighted by molar-refractivity contribution is 5.80. The van der Waals surface area contributed by atoms with Crippen molar-refractivity contribution in [3.8, 4) is 0 Å². The standard InChI is InChI=1S/C11H22N4O.C2H6/c1-12-11(15-7-9-16-10-8-15)14-5-3-13(2)4-6-14;1-2/h3-10H2,1-2H3;1-2H3. The van der Waals surface area contributed by atoms with Crippen LogP contribution in [0.1, 0.15) is 13.8 Å². The lowest BCUT2D eigenvalue weighted by molar-refractivity contribution is 0.0598. The lowest BCUT2D eigenvalue weighted by Gasteiger charge is -2.40. The first-order valence-electron chi connectivity index (χ1n) is 7.04. The van der Waals surface area contributed by atoms with Crippen LogP contribution in [0.5, 0.6) is 0 Å². The van der Waals surface area contributed by atoms with Crippen LogP contribution < -0.4 is 0 Å². The second kappa shape index (κ2) is 8.32. The molecule has 0 atom stereocenters. The summed E-state index contributed by atoms with van der Waals surface area (Å²) in [6.07, 6.45) is 0. The number of nitrogens with zero attached hydrogens (tertiary/aromatic N) is 4. The first-order chi connectivity index (χ1) is 8.81. The molecule has 2 fully saturated rings. The fraction of sp³-hybridized carbons (Fsp3) is 0.923. The number of guanidine groups is 1. The Morgan fingerprint density at radius 2 is 1.39 bits per heavy atom. The van der Waals surface area contributed by atoms with Crippen LogP contribution >= 0.6 is 0 Å². The lowest BCUT2D eigenvalue weighted by atomic mass is 10.3. The Labute approximate surface area is 111 Å². The number of ether oxygens (including phenoxy) is 1. The van der Waals surface area contributed by atoms with Gasteiger partial charge in [-0.25, -0.2) is 0 Å². The molecule has 0 saturated carbocycles. The van der Waals surface area contributed by atoms with Gasteiger partial charge < -0.3 is 19.4 Å². The van der Waals surface area contributed by atoms with E-state index in [1.807, 2.05) is 20.9 Å². The number of piperazine rings is 1. The Morgan fingerprint density at radius 3 is 1.89 bits per heavy atom. The topological polar surface area (TPSA) is 31.3 Å². The molecule has 2 aliphatic rings. The summed E-state index contributed by atoms with van der Waals surface area (Å²) in [4.78, 5) is 11.6. The van der Waals surface area contributed by atoms with E-state index in [2.05, 4.69) is 26.7 Å². The van der Waals surface area contributed by atoms with Crippen LogP contribution in [0.4, 0.5) is 0 Å². The molecule has 0 aliphatic carbocycles. The van der Waals surface area contributed by atoms with Gasteiger partial charge in [0, 0.05) is 46.3 Å². The van der Waals surface area contributed by atoms with Gasteiger partial charge in [0.25, 0.3) is 0 Å². The van der Waals surface area contributed by atoms with E-state index in [1.54, 1.807) is 0 Å². The molecular weight excluding hydrogens is 228 g/mol. The maximum atomic E-state index is 5.38. The van der Waals surface area contributed by atoms with Crippen molar-refractivity contribution in [1.29, 1.82) is 0 Å². The van der Waals surface area contributed by atoms with E-state index < -0.39 is 0 Å². The van der Waals surface area contributed by atoms with Gasteiger partial charge >= 0.3 is 0 Å². The second-order valence-corrected chi connectivity index (χ2v) is 4.41. The molecule has 2 saturated heterocycles. The zero-order valence-electron chi connectivity index (χ0n) is 12.4. The third-order valence-electron chi connectivity index (χ3n) is 3.28. The first-order valence-corrected chi connectivity index (χ1v) is 7.04. The number of likely N-dealkylation sites (N-methyl/N-ethyl adjacent to an activating group) is 1. The van der Waals surface area contributed by atoms with Crippen molar-refractivity contribution in [2.75, 3.05) is 66.6 Å². The van der Waals surface area contributed by atoms with Crippen LogP contribution in [0.3, 0.4) is 0 Å². The quantitative estimate of drug-likeness (QED) is 0.469. The molecule has 0 spiro atoms. The van der Waals surface area contributed by atoms with Crippen molar-refractivity contribution in [2.24, 2.45) is 4.99 Å². The SMILES string of the molecule is CC.CN=C(N1CCOCC1)N1CCN(C)CC1. The maximum Gasteiger partial charge on any atom is 0.196 e. The van der Waals surface area contributed by atoms with Crippen LogP contribution in [0.15, 0.2) is 4.99 Å². The Bertz CT molecular complexity index is 243. The van der Waals surface area contributed by atoms with Crippen LogP contribution in [0, 0.1) is 0 Å². The highest BCUT2D eigenvalue weighted by Gasteiger charge is 2.22. The van der Waals surface area contributed by atoms with Crippen LogP contribution in [-0.4, -0.2) is 87.2 Å². The molecule has 5 heteroatoms. The predicted molar refractivity (Wildman–Crippen MR) is 76.2 cm³/mol. The summed E-state index contributed by atoms with van der Waals surface area (Å²) >= 11 is 0. The van der Waals surface area contributed by atoms with Gasteiger partial charge in [0.05, 0.1) is 13.2 Å². The smallest absolute Gasteiger partial charge is 0.196 e. The van der Waals surface area contributed by atoms with Gasteiger partial charge in [-0.1, -0.05) is 13.8 Å². The van der Waals surface area contributed by atoms with Gasteiger partial charge in [-0.15, -0.1) is 0 Å². The highest BCUT2D eigenvalue weighted by Crippen LogP contribution is 2.06. The summed E-state index contributed by atoms with van der Waals surface area (Å²) in [6.45, 7) is 12.0. The van der Waals surface area contributed by atoms with Crippen LogP contribution in [0.25, 0.3) is 0 Å². The molecule has 106 valence electrons. The minimum atomic E-state index is 0.826. The van der Waals surface area contributed by atoms with E-state index in [9.17, 15) is 0 Å². The monoisotopic (exact) mass is 256 g/mol. The van der Waals surface area contributed by atoms with E-state index in [0.717, 1.165) is 58.4 Å². The average Bonchev–Trinajstić information content (AvgIpc) is 2.45. The number of hydrogen-bond donors (Lipinski definition) is 0. The molecule has 0 amide bonds. The summed E-state index contributed by atoms with van der Waals surface area (Å²) in [7, 11) is 4.07. The van der Waals surface area contributed by atoms with Gasteiger partial charge in [-0.3, -0.25) is 4.99 Å². The van der Waals surface area contributed by atoms with Gasteiger partial charge in [0.2, 0.25) is 0 Å². The Kier molecular flexibility index (Phi) is 7.05. The predicted octanol–water partition coefficient (Wildman–Crippen LogP) is 0.578. The minimum Gasteiger partial charge on any atom is -0.378 e. The average molecular weight is 256 g/mol. The zero-order chi connectivity index (χ0) is 13.4. The molecule has 2 heterocycles. The molecule has 0 radical (unpaired) electrons. The molecule has 18 heavy (non-hydrogen) atoms. The highest BCUT2D eigenvalue weighted by atomic mass is 16.5. The molecule has 0 aromatic rings. The van der Waals surface area contributed by atoms with E-state index in [0.29, 0.717) is 0 Å². The van der Waals surface area contributed by atoms with Gasteiger partial charge in [-0.2, -0.15) is 0 Å². The summed E-state index contributed by atoms with van der Waals surface area (Å²) in [5, 5.41) is 0. The zero-order valence-corrected chi connectivity index (χ0v) is 12.4. The fourth-order valence-corrected chi connectivity index (χ4v) is 2.25. The summed E-state index contributed by atoms with van der Waals surface area (Å²) in [5.41, 5.74) is 0. The molecule has 0 unspecified atom stereocenters. The van der Waals surface area contributed by atoms with Gasteiger partial charge in [-0.05, 0) is 7.05 Å². The van der Waals surface area contributed by atoms with Crippen molar-refractivity contribution in [3.63, 3.8) is 0 Å². The number of hydrogen-bond acceptors (Lipinski definition) is 3. The van der Waals surface area contributed by atoms with E-state index in [4.69, 9.17) is 4.74 Å². The molecule has 2 rings (SSSR count). The van der Waals surface area contributed by atoms with Crippen LogP contribution in [0.2, 0.25) is 0 Å². The molecule has 0 aromatic carbocycles. The van der Waals surface area contributed by atoms with Crippen molar-refractivity contribution in [3.05, 3.63) is 0 Å².